The molecule has 0 aliphatic rings. The predicted octanol–water partition coefficient (Wildman–Crippen LogP) is 2.47. The van der Waals surface area contributed by atoms with Crippen molar-refractivity contribution < 1.29 is 0 Å². The van der Waals surface area contributed by atoms with Gasteiger partial charge in [-0.05, 0) is 31.5 Å². The lowest BCUT2D eigenvalue weighted by atomic mass is 10.2. The fraction of sp³-hybridized carbons (Fsp3) is 0.412. The third-order valence-electron chi connectivity index (χ3n) is 3.42. The van der Waals surface area contributed by atoms with Crippen LogP contribution in [0.5, 0.6) is 0 Å². The first-order valence-corrected chi connectivity index (χ1v) is 7.40. The Morgan fingerprint density at radius 2 is 1.73 bits per heavy atom. The maximum atomic E-state index is 4.74. The summed E-state index contributed by atoms with van der Waals surface area (Å²) in [5.41, 5.74) is 4.41. The summed E-state index contributed by atoms with van der Waals surface area (Å²) in [4.78, 5) is 8.78. The number of aliphatic imine (C=N–C) groups is 1. The van der Waals surface area contributed by atoms with Crippen LogP contribution in [-0.2, 0) is 6.54 Å². The monoisotopic (exact) mass is 299 g/mol. The van der Waals surface area contributed by atoms with Crippen LogP contribution in [0.4, 0.5) is 0 Å². The smallest absolute Gasteiger partial charge is 0.195 e. The number of para-hydroxylation sites is 1. The number of benzene rings is 1. The van der Waals surface area contributed by atoms with Crippen molar-refractivity contribution in [2.24, 2.45) is 4.99 Å². The minimum atomic E-state index is 0.625. The van der Waals surface area contributed by atoms with Crippen molar-refractivity contribution in [3.63, 3.8) is 0 Å². The van der Waals surface area contributed by atoms with Crippen molar-refractivity contribution >= 4 is 5.96 Å². The molecule has 0 aliphatic carbocycles. The zero-order valence-electron chi connectivity index (χ0n) is 14.3. The summed E-state index contributed by atoms with van der Waals surface area (Å²) in [5, 5.41) is 4.59. The van der Waals surface area contributed by atoms with Gasteiger partial charge < -0.3 is 9.80 Å². The molecule has 1 aromatic carbocycles. The molecular weight excluding hydrogens is 274 g/mol. The summed E-state index contributed by atoms with van der Waals surface area (Å²) < 4.78 is 1.99. The molecule has 1 heterocycles. The largest absolute Gasteiger partial charge is 0.349 e. The molecule has 0 N–H and O–H groups in total. The van der Waals surface area contributed by atoms with Crippen molar-refractivity contribution in [2.45, 2.75) is 20.4 Å². The average Bonchev–Trinajstić information content (AvgIpc) is 2.77. The third-order valence-corrected chi connectivity index (χ3v) is 3.42. The number of nitrogens with zero attached hydrogens (tertiary/aromatic N) is 5. The van der Waals surface area contributed by atoms with Crippen LogP contribution in [0, 0.1) is 13.8 Å². The van der Waals surface area contributed by atoms with Crippen LogP contribution in [0.3, 0.4) is 0 Å². The van der Waals surface area contributed by atoms with Crippen molar-refractivity contribution in [3.05, 3.63) is 47.3 Å². The highest BCUT2D eigenvalue weighted by Gasteiger charge is 2.09. The molecule has 0 atom stereocenters. The molecule has 118 valence electrons. The number of hydrogen-bond acceptors (Lipinski definition) is 2. The molecule has 22 heavy (non-hydrogen) atoms. The van der Waals surface area contributed by atoms with Crippen molar-refractivity contribution in [2.75, 3.05) is 28.2 Å². The van der Waals surface area contributed by atoms with Gasteiger partial charge in [-0.15, -0.1) is 0 Å². The van der Waals surface area contributed by atoms with E-state index in [1.54, 1.807) is 0 Å². The van der Waals surface area contributed by atoms with E-state index in [1.807, 2.05) is 61.7 Å². The zero-order valence-corrected chi connectivity index (χ0v) is 14.3. The van der Waals surface area contributed by atoms with Crippen LogP contribution in [-0.4, -0.2) is 53.7 Å². The Hall–Kier alpha value is -2.30. The van der Waals surface area contributed by atoms with E-state index in [-0.39, 0.29) is 0 Å². The highest BCUT2D eigenvalue weighted by atomic mass is 15.3. The number of aryl methyl sites for hydroxylation is 2. The van der Waals surface area contributed by atoms with Gasteiger partial charge in [0.25, 0.3) is 0 Å². The van der Waals surface area contributed by atoms with Crippen molar-refractivity contribution in [3.8, 4) is 5.69 Å². The fourth-order valence-corrected chi connectivity index (χ4v) is 2.56. The van der Waals surface area contributed by atoms with Gasteiger partial charge in [-0.2, -0.15) is 5.10 Å². The van der Waals surface area contributed by atoms with Gasteiger partial charge in [-0.1, -0.05) is 18.2 Å². The van der Waals surface area contributed by atoms with Gasteiger partial charge in [-0.3, -0.25) is 0 Å². The Labute approximate surface area is 132 Å². The molecule has 0 radical (unpaired) electrons. The first-order valence-electron chi connectivity index (χ1n) is 7.40. The van der Waals surface area contributed by atoms with E-state index in [2.05, 4.69) is 30.2 Å². The lowest BCUT2D eigenvalue weighted by Gasteiger charge is -2.22. The zero-order chi connectivity index (χ0) is 16.3. The minimum Gasteiger partial charge on any atom is -0.349 e. The summed E-state index contributed by atoms with van der Waals surface area (Å²) in [6.45, 7) is 4.71. The van der Waals surface area contributed by atoms with Crippen molar-refractivity contribution in [1.29, 1.82) is 0 Å². The predicted molar refractivity (Wildman–Crippen MR) is 91.6 cm³/mol. The quantitative estimate of drug-likeness (QED) is 0.645. The van der Waals surface area contributed by atoms with Gasteiger partial charge >= 0.3 is 0 Å². The Bertz CT molecular complexity index is 657. The topological polar surface area (TPSA) is 36.7 Å². The van der Waals surface area contributed by atoms with E-state index in [0.717, 1.165) is 28.6 Å². The van der Waals surface area contributed by atoms with Gasteiger partial charge in [-0.25, -0.2) is 9.67 Å². The van der Waals surface area contributed by atoms with Gasteiger partial charge in [0.15, 0.2) is 5.96 Å². The lowest BCUT2D eigenvalue weighted by molar-refractivity contribution is 0.479. The standard InChI is InChI=1S/C17H25N5/c1-13-11-14(2)22(19-13)16-10-8-7-9-15(16)12-18-17(20(3)4)21(5)6/h7-11H,12H2,1-6H3. The first kappa shape index (κ1) is 16.1. The second-order valence-electron chi connectivity index (χ2n) is 5.87. The Morgan fingerprint density at radius 1 is 1.09 bits per heavy atom. The maximum absolute atomic E-state index is 4.74. The highest BCUT2D eigenvalue weighted by molar-refractivity contribution is 5.79. The summed E-state index contributed by atoms with van der Waals surface area (Å²) in [6.07, 6.45) is 0. The molecule has 0 amide bonds. The molecular formula is C17H25N5. The van der Waals surface area contributed by atoms with E-state index < -0.39 is 0 Å². The molecule has 0 saturated carbocycles. The lowest BCUT2D eigenvalue weighted by Crippen LogP contribution is -2.35. The molecule has 0 bridgehead atoms. The molecule has 0 aliphatic heterocycles. The van der Waals surface area contributed by atoms with E-state index in [9.17, 15) is 0 Å². The van der Waals surface area contributed by atoms with Gasteiger partial charge in [0, 0.05) is 33.9 Å². The van der Waals surface area contributed by atoms with Crippen LogP contribution in [0.15, 0.2) is 35.3 Å². The third kappa shape index (κ3) is 3.47. The molecule has 2 rings (SSSR count). The number of aromatic nitrogens is 2. The van der Waals surface area contributed by atoms with Crippen LogP contribution in [0.1, 0.15) is 17.0 Å². The Morgan fingerprint density at radius 3 is 2.27 bits per heavy atom. The molecule has 5 heteroatoms. The second-order valence-corrected chi connectivity index (χ2v) is 5.87. The first-order chi connectivity index (χ1) is 10.4. The normalized spacial score (nSPS) is 10.5. The fourth-order valence-electron chi connectivity index (χ4n) is 2.56. The van der Waals surface area contributed by atoms with Crippen LogP contribution < -0.4 is 0 Å². The number of hydrogen-bond donors (Lipinski definition) is 0. The van der Waals surface area contributed by atoms with Gasteiger partial charge in [0.05, 0.1) is 17.9 Å². The van der Waals surface area contributed by atoms with Gasteiger partial charge in [0.1, 0.15) is 0 Å². The minimum absolute atomic E-state index is 0.625. The summed E-state index contributed by atoms with van der Waals surface area (Å²) >= 11 is 0. The summed E-state index contributed by atoms with van der Waals surface area (Å²) in [5.74, 6) is 0.947. The second kappa shape index (κ2) is 6.64. The molecule has 0 fully saturated rings. The number of guanidine groups is 1. The summed E-state index contributed by atoms with van der Waals surface area (Å²) in [7, 11) is 8.02. The molecule has 0 spiro atoms. The van der Waals surface area contributed by atoms with E-state index >= 15 is 0 Å². The van der Waals surface area contributed by atoms with E-state index in [4.69, 9.17) is 4.99 Å². The Balaban J connectivity index is 2.37. The molecule has 1 aromatic heterocycles. The summed E-state index contributed by atoms with van der Waals surface area (Å²) in [6, 6.07) is 10.4. The van der Waals surface area contributed by atoms with E-state index in [1.165, 1.54) is 0 Å². The highest BCUT2D eigenvalue weighted by Crippen LogP contribution is 2.18. The van der Waals surface area contributed by atoms with Gasteiger partial charge in [0.2, 0.25) is 0 Å². The SMILES string of the molecule is Cc1cc(C)n(-c2ccccc2CN=C(N(C)C)N(C)C)n1. The maximum Gasteiger partial charge on any atom is 0.195 e. The van der Waals surface area contributed by atoms with Crippen molar-refractivity contribution in [1.82, 2.24) is 19.6 Å². The Kier molecular flexibility index (Phi) is 4.85. The van der Waals surface area contributed by atoms with Crippen LogP contribution >= 0.6 is 0 Å². The molecule has 0 saturated heterocycles. The molecule has 2 aromatic rings. The van der Waals surface area contributed by atoms with Crippen LogP contribution in [0.2, 0.25) is 0 Å². The van der Waals surface area contributed by atoms with E-state index in [0.29, 0.717) is 6.54 Å². The van der Waals surface area contributed by atoms with Crippen LogP contribution in [0.25, 0.3) is 5.69 Å². The molecule has 5 nitrogen and oxygen atoms in total. The molecule has 0 unspecified atom stereocenters. The average molecular weight is 299 g/mol. The number of rotatable bonds is 3.